The van der Waals surface area contributed by atoms with Crippen molar-refractivity contribution in [2.75, 3.05) is 6.79 Å². The predicted molar refractivity (Wildman–Crippen MR) is 94.0 cm³/mol. The minimum Gasteiger partial charge on any atom is -0.454 e. The second-order valence-electron chi connectivity index (χ2n) is 5.28. The Morgan fingerprint density at radius 1 is 1.00 bits per heavy atom. The second-order valence-corrected chi connectivity index (χ2v) is 5.28. The Labute approximate surface area is 140 Å². The molecule has 24 heavy (non-hydrogen) atoms. The molecule has 0 fully saturated rings. The Hall–Kier alpha value is -2.89. The first-order valence-electron chi connectivity index (χ1n) is 7.57. The molecule has 3 N–H and O–H groups in total. The van der Waals surface area contributed by atoms with E-state index < -0.39 is 0 Å². The van der Waals surface area contributed by atoms with Crippen LogP contribution in [0.15, 0.2) is 59.4 Å². The predicted octanol–water partition coefficient (Wildman–Crippen LogP) is 2.47. The van der Waals surface area contributed by atoms with Crippen molar-refractivity contribution in [3.8, 4) is 11.5 Å². The van der Waals surface area contributed by atoms with Crippen molar-refractivity contribution in [3.05, 3.63) is 81.5 Å². The van der Waals surface area contributed by atoms with Gasteiger partial charge >= 0.3 is 0 Å². The summed E-state index contributed by atoms with van der Waals surface area (Å²) in [5.41, 5.74) is 5.68. The molecule has 0 spiro atoms. The summed E-state index contributed by atoms with van der Waals surface area (Å²) in [6, 6.07) is 17.3. The van der Waals surface area contributed by atoms with E-state index in [2.05, 4.69) is 5.43 Å². The number of nitrogens with one attached hydrogen (secondary N) is 1. The molecule has 0 aliphatic carbocycles. The molecule has 0 saturated carbocycles. The molecule has 0 radical (unpaired) electrons. The molecular formula is C19H18N2O3. The van der Waals surface area contributed by atoms with E-state index in [0.717, 1.165) is 29.2 Å². The lowest BCUT2D eigenvalue weighted by Crippen LogP contribution is -2.20. The first-order chi connectivity index (χ1) is 11.8. The standard InChI is InChI=1S/C12H8O3.C7H10N2/c13-10-6-9(10)3-1-8-2-4-11-12(5-8)15-7-14-11;8-9-6-7-4-2-1-3-5-7/h1-6H,7H2;1-5,9H,6,8H2. The molecule has 5 heteroatoms. The lowest BCUT2D eigenvalue weighted by molar-refractivity contribution is 0.174. The third-order valence-electron chi connectivity index (χ3n) is 3.49. The maximum Gasteiger partial charge on any atom is 0.231 e. The monoisotopic (exact) mass is 322 g/mol. The Morgan fingerprint density at radius 3 is 2.46 bits per heavy atom. The van der Waals surface area contributed by atoms with Gasteiger partial charge in [-0.25, -0.2) is 0 Å². The van der Waals surface area contributed by atoms with Gasteiger partial charge in [0.2, 0.25) is 6.79 Å². The fourth-order valence-electron chi connectivity index (χ4n) is 2.15. The van der Waals surface area contributed by atoms with Crippen molar-refractivity contribution in [2.24, 2.45) is 5.84 Å². The highest BCUT2D eigenvalue weighted by atomic mass is 16.7. The fourth-order valence-corrected chi connectivity index (χ4v) is 2.15. The van der Waals surface area contributed by atoms with Gasteiger partial charge in [0.1, 0.15) is 0 Å². The molecule has 3 aromatic carbocycles. The lowest BCUT2D eigenvalue weighted by Gasteiger charge is -1.96. The van der Waals surface area contributed by atoms with Crippen LogP contribution < -0.4 is 26.2 Å². The number of nitrogens with two attached hydrogens (primary N) is 1. The average molecular weight is 322 g/mol. The quantitative estimate of drug-likeness (QED) is 0.570. The zero-order valence-electron chi connectivity index (χ0n) is 13.1. The highest BCUT2D eigenvalue weighted by Crippen LogP contribution is 2.32. The molecular weight excluding hydrogens is 304 g/mol. The van der Waals surface area contributed by atoms with Crippen LogP contribution in [-0.4, -0.2) is 6.79 Å². The molecule has 4 rings (SSSR count). The molecule has 1 aliphatic rings. The van der Waals surface area contributed by atoms with Crippen LogP contribution in [0.2, 0.25) is 0 Å². The maximum atomic E-state index is 10.7. The molecule has 0 unspecified atom stereocenters. The summed E-state index contributed by atoms with van der Waals surface area (Å²) in [4.78, 5) is 10.7. The first kappa shape index (κ1) is 16.0. The zero-order valence-corrected chi connectivity index (χ0v) is 13.1. The van der Waals surface area contributed by atoms with Crippen molar-refractivity contribution in [2.45, 2.75) is 6.54 Å². The summed E-state index contributed by atoms with van der Waals surface area (Å²) in [6.45, 7) is 1.02. The van der Waals surface area contributed by atoms with Crippen LogP contribution >= 0.6 is 0 Å². The summed E-state index contributed by atoms with van der Waals surface area (Å²) in [7, 11) is 0. The van der Waals surface area contributed by atoms with Crippen molar-refractivity contribution in [1.29, 1.82) is 0 Å². The van der Waals surface area contributed by atoms with E-state index in [1.807, 2.05) is 54.6 Å². The maximum absolute atomic E-state index is 10.7. The highest BCUT2D eigenvalue weighted by molar-refractivity contribution is 5.73. The zero-order chi connectivity index (χ0) is 16.8. The minimum absolute atomic E-state index is 0.118. The van der Waals surface area contributed by atoms with Gasteiger partial charge in [-0.3, -0.25) is 16.1 Å². The SMILES string of the molecule is NNCc1ccccc1.O=c1cc1C=Cc1ccc2c(c1)OCO2. The number of hydrogen-bond acceptors (Lipinski definition) is 5. The van der Waals surface area contributed by atoms with Crippen LogP contribution in [0.4, 0.5) is 0 Å². The van der Waals surface area contributed by atoms with Crippen molar-refractivity contribution < 1.29 is 9.47 Å². The Balaban J connectivity index is 0.000000162. The number of hydrazine groups is 1. The van der Waals surface area contributed by atoms with Crippen molar-refractivity contribution >= 4 is 12.2 Å². The molecule has 5 nitrogen and oxygen atoms in total. The third-order valence-corrected chi connectivity index (χ3v) is 3.49. The molecule has 0 bridgehead atoms. The number of rotatable bonds is 4. The van der Waals surface area contributed by atoms with Crippen molar-refractivity contribution in [3.63, 3.8) is 0 Å². The van der Waals surface area contributed by atoms with Gasteiger partial charge in [0, 0.05) is 12.1 Å². The molecule has 3 aromatic rings. The van der Waals surface area contributed by atoms with Crippen molar-refractivity contribution in [1.82, 2.24) is 5.43 Å². The summed E-state index contributed by atoms with van der Waals surface area (Å²) < 4.78 is 10.4. The normalized spacial score (nSPS) is 12.4. The minimum atomic E-state index is 0.118. The van der Waals surface area contributed by atoms with Gasteiger partial charge in [0.05, 0.1) is 0 Å². The first-order valence-corrected chi connectivity index (χ1v) is 7.57. The topological polar surface area (TPSA) is 73.6 Å². The largest absolute Gasteiger partial charge is 0.454 e. The van der Waals surface area contributed by atoms with Crippen LogP contribution in [0.5, 0.6) is 11.5 Å². The number of fused-ring (bicyclic) bond motifs is 1. The Bertz CT molecular complexity index is 833. The summed E-state index contributed by atoms with van der Waals surface area (Å²) in [5.74, 6) is 6.64. The van der Waals surface area contributed by atoms with Crippen LogP contribution in [0.25, 0.3) is 12.2 Å². The third kappa shape index (κ3) is 4.32. The number of benzene rings is 2. The van der Waals surface area contributed by atoms with Crippen LogP contribution in [0.1, 0.15) is 16.7 Å². The molecule has 122 valence electrons. The average Bonchev–Trinajstić information content (AvgIpc) is 3.12. The van der Waals surface area contributed by atoms with E-state index in [1.54, 1.807) is 12.1 Å². The van der Waals surface area contributed by atoms with E-state index in [9.17, 15) is 4.79 Å². The van der Waals surface area contributed by atoms with Gasteiger partial charge in [-0.05, 0) is 29.3 Å². The van der Waals surface area contributed by atoms with E-state index in [-0.39, 0.29) is 12.2 Å². The molecule has 0 aromatic heterocycles. The van der Waals surface area contributed by atoms with Gasteiger partial charge in [-0.2, -0.15) is 0 Å². The Morgan fingerprint density at radius 2 is 1.75 bits per heavy atom. The van der Waals surface area contributed by atoms with Gasteiger partial charge < -0.3 is 9.47 Å². The Kier molecular flexibility index (Phi) is 5.05. The lowest BCUT2D eigenvalue weighted by atomic mass is 10.2. The van der Waals surface area contributed by atoms with Crippen LogP contribution in [0.3, 0.4) is 0 Å². The molecule has 0 saturated heterocycles. The van der Waals surface area contributed by atoms with E-state index in [4.69, 9.17) is 15.3 Å². The fraction of sp³-hybridized carbons (Fsp3) is 0.105. The van der Waals surface area contributed by atoms with Gasteiger partial charge in [0.25, 0.3) is 0 Å². The summed E-state index contributed by atoms with van der Waals surface area (Å²) >= 11 is 0. The van der Waals surface area contributed by atoms with Gasteiger partial charge in [-0.1, -0.05) is 48.6 Å². The molecule has 1 aliphatic heterocycles. The van der Waals surface area contributed by atoms with Gasteiger partial charge in [-0.15, -0.1) is 0 Å². The number of hydrogen-bond donors (Lipinski definition) is 2. The highest BCUT2D eigenvalue weighted by Gasteiger charge is 2.12. The summed E-state index contributed by atoms with van der Waals surface area (Å²) in [6.07, 6.45) is 3.69. The molecule has 0 amide bonds. The second kappa shape index (κ2) is 7.59. The van der Waals surface area contributed by atoms with E-state index >= 15 is 0 Å². The van der Waals surface area contributed by atoms with Crippen LogP contribution in [-0.2, 0) is 6.54 Å². The molecule has 1 heterocycles. The molecule has 0 atom stereocenters. The van der Waals surface area contributed by atoms with E-state index in [1.165, 1.54) is 5.56 Å². The van der Waals surface area contributed by atoms with E-state index in [0.29, 0.717) is 0 Å². The van der Waals surface area contributed by atoms with Crippen LogP contribution in [0, 0.1) is 0 Å². The summed E-state index contributed by atoms with van der Waals surface area (Å²) in [5, 5.41) is 0. The van der Waals surface area contributed by atoms with Gasteiger partial charge in [0.15, 0.2) is 16.9 Å². The number of ether oxygens (including phenoxy) is 2. The smallest absolute Gasteiger partial charge is 0.231 e.